The fourth-order valence-electron chi connectivity index (χ4n) is 2.72. The predicted molar refractivity (Wildman–Crippen MR) is 71.8 cm³/mol. The molecule has 1 N–H and O–H groups in total. The number of aromatic nitrogens is 1. The molecule has 1 aliphatic carbocycles. The zero-order chi connectivity index (χ0) is 12.1. The molecule has 1 aromatic rings. The van der Waals surface area contributed by atoms with Gasteiger partial charge >= 0.3 is 0 Å². The van der Waals surface area contributed by atoms with Crippen molar-refractivity contribution in [2.24, 2.45) is 5.92 Å². The summed E-state index contributed by atoms with van der Waals surface area (Å²) in [4.78, 5) is 4.42. The van der Waals surface area contributed by atoms with Gasteiger partial charge in [-0.25, -0.2) is 0 Å². The molecule has 0 spiro atoms. The Kier molecular flexibility index (Phi) is 4.55. The molecule has 0 bridgehead atoms. The Morgan fingerprint density at radius 1 is 1.24 bits per heavy atom. The first-order valence-corrected chi connectivity index (χ1v) is 6.92. The second kappa shape index (κ2) is 6.15. The Hall–Kier alpha value is -0.890. The normalized spacial score (nSPS) is 27.4. The number of rotatable bonds is 3. The number of nitrogens with one attached hydrogen (secondary N) is 1. The van der Waals surface area contributed by atoms with Crippen molar-refractivity contribution in [1.82, 2.24) is 10.3 Å². The van der Waals surface area contributed by atoms with Gasteiger partial charge in [-0.3, -0.25) is 4.98 Å². The highest BCUT2D eigenvalue weighted by molar-refractivity contribution is 5.07. The molecular weight excluding hydrogens is 208 g/mol. The maximum atomic E-state index is 4.42. The van der Waals surface area contributed by atoms with Gasteiger partial charge in [-0.1, -0.05) is 25.8 Å². The monoisotopic (exact) mass is 232 g/mol. The summed E-state index contributed by atoms with van der Waals surface area (Å²) in [5, 5.41) is 3.73. The molecule has 1 fully saturated rings. The average molecular weight is 232 g/mol. The van der Waals surface area contributed by atoms with Crippen molar-refractivity contribution in [3.8, 4) is 0 Å². The van der Waals surface area contributed by atoms with E-state index >= 15 is 0 Å². The van der Waals surface area contributed by atoms with Gasteiger partial charge in [0.05, 0.1) is 5.69 Å². The summed E-state index contributed by atoms with van der Waals surface area (Å²) in [5.74, 6) is 0.909. The highest BCUT2D eigenvalue weighted by atomic mass is 15.0. The van der Waals surface area contributed by atoms with Crippen LogP contribution in [0.2, 0.25) is 0 Å². The van der Waals surface area contributed by atoms with Crippen molar-refractivity contribution >= 4 is 0 Å². The zero-order valence-corrected chi connectivity index (χ0v) is 11.0. The summed E-state index contributed by atoms with van der Waals surface area (Å²) in [6.07, 6.45) is 8.65. The molecule has 0 radical (unpaired) electrons. The van der Waals surface area contributed by atoms with Crippen molar-refractivity contribution in [3.05, 3.63) is 30.1 Å². The van der Waals surface area contributed by atoms with Gasteiger partial charge in [0.25, 0.3) is 0 Å². The molecule has 0 aliphatic heterocycles. The SMILES string of the molecule is CC1CCCC(N[C@@H](C)c2ccccn2)CC1. The molecule has 1 heterocycles. The number of pyridine rings is 1. The van der Waals surface area contributed by atoms with Gasteiger partial charge in [0.15, 0.2) is 0 Å². The zero-order valence-electron chi connectivity index (χ0n) is 11.0. The lowest BCUT2D eigenvalue weighted by Gasteiger charge is -2.21. The first-order valence-electron chi connectivity index (χ1n) is 6.92. The van der Waals surface area contributed by atoms with E-state index in [1.54, 1.807) is 0 Å². The summed E-state index contributed by atoms with van der Waals surface area (Å²) < 4.78 is 0. The molecule has 2 rings (SSSR count). The minimum Gasteiger partial charge on any atom is -0.306 e. The van der Waals surface area contributed by atoms with Crippen LogP contribution in [0.25, 0.3) is 0 Å². The Labute approximate surface area is 105 Å². The number of nitrogens with zero attached hydrogens (tertiary/aromatic N) is 1. The Morgan fingerprint density at radius 2 is 2.12 bits per heavy atom. The largest absolute Gasteiger partial charge is 0.306 e. The van der Waals surface area contributed by atoms with Gasteiger partial charge < -0.3 is 5.32 Å². The summed E-state index contributed by atoms with van der Waals surface area (Å²) in [5.41, 5.74) is 1.16. The molecule has 3 atom stereocenters. The van der Waals surface area contributed by atoms with Gasteiger partial charge in [0, 0.05) is 18.3 Å². The third-order valence-corrected chi connectivity index (χ3v) is 3.87. The van der Waals surface area contributed by atoms with E-state index in [-0.39, 0.29) is 0 Å². The minimum absolute atomic E-state index is 0.370. The van der Waals surface area contributed by atoms with Crippen LogP contribution < -0.4 is 5.32 Å². The molecule has 1 aromatic heterocycles. The highest BCUT2D eigenvalue weighted by Gasteiger charge is 2.18. The maximum absolute atomic E-state index is 4.42. The topological polar surface area (TPSA) is 24.9 Å². The van der Waals surface area contributed by atoms with E-state index in [0.717, 1.165) is 11.6 Å². The fourth-order valence-corrected chi connectivity index (χ4v) is 2.72. The fraction of sp³-hybridized carbons (Fsp3) is 0.667. The smallest absolute Gasteiger partial charge is 0.0570 e. The van der Waals surface area contributed by atoms with Gasteiger partial charge in [-0.15, -0.1) is 0 Å². The lowest BCUT2D eigenvalue weighted by Crippen LogP contribution is -2.31. The number of hydrogen-bond donors (Lipinski definition) is 1. The molecule has 0 amide bonds. The Morgan fingerprint density at radius 3 is 2.88 bits per heavy atom. The molecular formula is C15H24N2. The second-order valence-corrected chi connectivity index (χ2v) is 5.45. The van der Waals surface area contributed by atoms with Crippen LogP contribution in [0, 0.1) is 5.92 Å². The van der Waals surface area contributed by atoms with Gasteiger partial charge in [0.1, 0.15) is 0 Å². The molecule has 1 aliphatic rings. The highest BCUT2D eigenvalue weighted by Crippen LogP contribution is 2.24. The molecule has 17 heavy (non-hydrogen) atoms. The van der Waals surface area contributed by atoms with Crippen molar-refractivity contribution < 1.29 is 0 Å². The van der Waals surface area contributed by atoms with Gasteiger partial charge in [0.2, 0.25) is 0 Å². The van der Waals surface area contributed by atoms with Crippen molar-refractivity contribution in [2.75, 3.05) is 0 Å². The molecule has 0 saturated heterocycles. The molecule has 2 unspecified atom stereocenters. The Balaban J connectivity index is 1.88. The molecule has 0 aromatic carbocycles. The standard InChI is InChI=1S/C15H24N2/c1-12-6-5-7-14(10-9-12)17-13(2)15-8-3-4-11-16-15/h3-4,8,11-14,17H,5-7,9-10H2,1-2H3/t12?,13-,14?/m0/s1. The van der Waals surface area contributed by atoms with Crippen LogP contribution in [0.4, 0.5) is 0 Å². The van der Waals surface area contributed by atoms with Crippen molar-refractivity contribution in [1.29, 1.82) is 0 Å². The summed E-state index contributed by atoms with van der Waals surface area (Å²) >= 11 is 0. The van der Waals surface area contributed by atoms with Crippen LogP contribution in [0.3, 0.4) is 0 Å². The minimum atomic E-state index is 0.370. The average Bonchev–Trinajstić information content (AvgIpc) is 2.56. The van der Waals surface area contributed by atoms with E-state index in [2.05, 4.69) is 36.3 Å². The Bertz CT molecular complexity index is 323. The molecule has 2 heteroatoms. The third-order valence-electron chi connectivity index (χ3n) is 3.87. The summed E-state index contributed by atoms with van der Waals surface area (Å²) in [6.45, 7) is 4.60. The predicted octanol–water partition coefficient (Wildman–Crippen LogP) is 3.70. The van der Waals surface area contributed by atoms with Crippen LogP contribution >= 0.6 is 0 Å². The van der Waals surface area contributed by atoms with Crippen LogP contribution in [-0.2, 0) is 0 Å². The second-order valence-electron chi connectivity index (χ2n) is 5.45. The van der Waals surface area contributed by atoms with E-state index < -0.39 is 0 Å². The van der Waals surface area contributed by atoms with E-state index in [4.69, 9.17) is 0 Å². The first-order chi connectivity index (χ1) is 8.25. The molecule has 94 valence electrons. The maximum Gasteiger partial charge on any atom is 0.0570 e. The number of hydrogen-bond acceptors (Lipinski definition) is 2. The van der Waals surface area contributed by atoms with Crippen LogP contribution in [0.1, 0.15) is 57.7 Å². The lowest BCUT2D eigenvalue weighted by atomic mass is 10.0. The quantitative estimate of drug-likeness (QED) is 0.804. The molecule has 2 nitrogen and oxygen atoms in total. The van der Waals surface area contributed by atoms with Gasteiger partial charge in [-0.2, -0.15) is 0 Å². The van der Waals surface area contributed by atoms with E-state index in [1.807, 2.05) is 12.3 Å². The van der Waals surface area contributed by atoms with Crippen molar-refractivity contribution in [3.63, 3.8) is 0 Å². The van der Waals surface area contributed by atoms with Crippen LogP contribution in [-0.4, -0.2) is 11.0 Å². The van der Waals surface area contributed by atoms with Gasteiger partial charge in [-0.05, 0) is 44.2 Å². The third kappa shape index (κ3) is 3.81. The van der Waals surface area contributed by atoms with Crippen molar-refractivity contribution in [2.45, 2.75) is 58.0 Å². The first kappa shape index (κ1) is 12.6. The van der Waals surface area contributed by atoms with E-state index in [1.165, 1.54) is 32.1 Å². The van der Waals surface area contributed by atoms with Crippen LogP contribution in [0.5, 0.6) is 0 Å². The van der Waals surface area contributed by atoms with Crippen LogP contribution in [0.15, 0.2) is 24.4 Å². The lowest BCUT2D eigenvalue weighted by molar-refractivity contribution is 0.404. The summed E-state index contributed by atoms with van der Waals surface area (Å²) in [7, 11) is 0. The summed E-state index contributed by atoms with van der Waals surface area (Å²) in [6, 6.07) is 7.20. The van der Waals surface area contributed by atoms with E-state index in [0.29, 0.717) is 12.1 Å². The molecule has 1 saturated carbocycles. The van der Waals surface area contributed by atoms with E-state index in [9.17, 15) is 0 Å².